The van der Waals surface area contributed by atoms with Crippen molar-refractivity contribution in [2.45, 2.75) is 6.18 Å². The quantitative estimate of drug-likeness (QED) is 0.843. The number of anilines is 2. The number of rotatable bonds is 4. The molecule has 0 saturated heterocycles. The van der Waals surface area contributed by atoms with Gasteiger partial charge in [-0.05, 0) is 18.2 Å². The van der Waals surface area contributed by atoms with E-state index in [1.807, 2.05) is 0 Å². The van der Waals surface area contributed by atoms with Crippen molar-refractivity contribution in [3.63, 3.8) is 0 Å². The molecular weight excluding hydrogens is 307 g/mol. The molecule has 0 unspecified atom stereocenters. The van der Waals surface area contributed by atoms with Gasteiger partial charge < -0.3 is 14.5 Å². The van der Waals surface area contributed by atoms with E-state index in [0.29, 0.717) is 6.20 Å². The first-order valence-electron chi connectivity index (χ1n) is 5.63. The van der Waals surface area contributed by atoms with Crippen LogP contribution in [-0.2, 0) is 6.18 Å². The van der Waals surface area contributed by atoms with Crippen molar-refractivity contribution in [2.75, 3.05) is 16.3 Å². The maximum absolute atomic E-state index is 12.7. The second-order valence-electron chi connectivity index (χ2n) is 3.86. The molecule has 9 heteroatoms. The summed E-state index contributed by atoms with van der Waals surface area (Å²) in [5.74, 6) is -0.553. The molecule has 0 atom stereocenters. The van der Waals surface area contributed by atoms with Gasteiger partial charge in [0.25, 0.3) is 5.91 Å². The van der Waals surface area contributed by atoms with E-state index in [1.54, 1.807) is 6.26 Å². The van der Waals surface area contributed by atoms with Gasteiger partial charge in [0.2, 0.25) is 0 Å². The number of nitrogens with zero attached hydrogens (tertiary/aromatic N) is 1. The van der Waals surface area contributed by atoms with Crippen LogP contribution in [0.2, 0.25) is 0 Å². The first-order valence-corrected chi connectivity index (χ1v) is 6.85. The number of alkyl halides is 3. The fraction of sp³-hybridized carbons (Fsp3) is 0.167. The van der Waals surface area contributed by atoms with E-state index < -0.39 is 17.6 Å². The molecule has 2 rings (SSSR count). The van der Waals surface area contributed by atoms with Gasteiger partial charge in [-0.1, -0.05) is 11.9 Å². The van der Waals surface area contributed by atoms with Crippen molar-refractivity contribution in [3.8, 4) is 0 Å². The fourth-order valence-electron chi connectivity index (χ4n) is 1.48. The van der Waals surface area contributed by atoms with E-state index in [1.165, 1.54) is 18.4 Å². The third kappa shape index (κ3) is 3.69. The predicted octanol–water partition coefficient (Wildman–Crippen LogP) is 3.64. The van der Waals surface area contributed by atoms with E-state index in [2.05, 4.69) is 15.0 Å². The lowest BCUT2D eigenvalue weighted by Gasteiger charge is -2.13. The Morgan fingerprint density at radius 1 is 1.43 bits per heavy atom. The van der Waals surface area contributed by atoms with Gasteiger partial charge >= 0.3 is 6.18 Å². The lowest BCUT2D eigenvalue weighted by Crippen LogP contribution is -2.14. The lowest BCUT2D eigenvalue weighted by atomic mass is 10.2. The van der Waals surface area contributed by atoms with Crippen LogP contribution >= 0.6 is 11.9 Å². The second-order valence-corrected chi connectivity index (χ2v) is 4.47. The third-order valence-corrected chi connectivity index (χ3v) is 2.80. The van der Waals surface area contributed by atoms with Gasteiger partial charge in [0.1, 0.15) is 0 Å². The number of halogens is 3. The molecular formula is C12H10F3N3O2S. The molecule has 21 heavy (non-hydrogen) atoms. The minimum absolute atomic E-state index is 0.0116. The van der Waals surface area contributed by atoms with Crippen LogP contribution in [0, 0.1) is 0 Å². The Kier molecular flexibility index (Phi) is 4.41. The van der Waals surface area contributed by atoms with Crippen LogP contribution < -0.4 is 10.0 Å². The monoisotopic (exact) mass is 317 g/mol. The zero-order valence-corrected chi connectivity index (χ0v) is 11.5. The van der Waals surface area contributed by atoms with Crippen molar-refractivity contribution >= 4 is 29.4 Å². The molecule has 112 valence electrons. The molecule has 0 aromatic carbocycles. The van der Waals surface area contributed by atoms with Gasteiger partial charge in [-0.25, -0.2) is 4.98 Å². The van der Waals surface area contributed by atoms with Crippen LogP contribution in [0.4, 0.5) is 24.7 Å². The number of pyridine rings is 1. The van der Waals surface area contributed by atoms with Gasteiger partial charge in [-0.2, -0.15) is 13.2 Å². The molecule has 2 aromatic heterocycles. The number of nitrogens with one attached hydrogen (secondary N) is 2. The van der Waals surface area contributed by atoms with Crippen molar-refractivity contribution in [3.05, 3.63) is 42.0 Å². The van der Waals surface area contributed by atoms with Crippen LogP contribution in [0.5, 0.6) is 0 Å². The van der Waals surface area contributed by atoms with E-state index in [0.717, 1.165) is 18.0 Å². The Morgan fingerprint density at radius 2 is 2.19 bits per heavy atom. The first kappa shape index (κ1) is 15.2. The normalized spacial score (nSPS) is 11.2. The molecule has 0 saturated carbocycles. The van der Waals surface area contributed by atoms with Crippen LogP contribution in [0.1, 0.15) is 16.1 Å². The highest BCUT2D eigenvalue weighted by molar-refractivity contribution is 7.99. The lowest BCUT2D eigenvalue weighted by molar-refractivity contribution is -0.137. The van der Waals surface area contributed by atoms with Gasteiger partial charge in [0.15, 0.2) is 11.6 Å². The molecule has 1 amide bonds. The summed E-state index contributed by atoms with van der Waals surface area (Å²) >= 11 is 1.14. The Bertz CT molecular complexity index is 629. The van der Waals surface area contributed by atoms with Crippen LogP contribution in [0.3, 0.4) is 0 Å². The van der Waals surface area contributed by atoms with Gasteiger partial charge in [0, 0.05) is 12.5 Å². The summed E-state index contributed by atoms with van der Waals surface area (Å²) in [5, 5.41) is 2.34. The average molecular weight is 317 g/mol. The van der Waals surface area contributed by atoms with Crippen LogP contribution in [0.15, 0.2) is 35.1 Å². The number of amides is 1. The predicted molar refractivity (Wildman–Crippen MR) is 73.0 cm³/mol. The maximum atomic E-state index is 12.7. The molecule has 0 bridgehead atoms. The van der Waals surface area contributed by atoms with Gasteiger partial charge in [-0.3, -0.25) is 4.79 Å². The standard InChI is InChI=1S/C12H10F3N3O2S/c1-21-18-10-8(5-7(6-16-10)12(13,14)15)17-11(19)9-3-2-4-20-9/h2-6H,1H3,(H,16,18)(H,17,19). The van der Waals surface area contributed by atoms with E-state index in [-0.39, 0.29) is 17.3 Å². The molecule has 0 aliphatic carbocycles. The highest BCUT2D eigenvalue weighted by Gasteiger charge is 2.32. The molecule has 5 nitrogen and oxygen atoms in total. The number of aromatic nitrogens is 1. The minimum atomic E-state index is -4.55. The molecule has 2 heterocycles. The molecule has 0 spiro atoms. The molecule has 2 N–H and O–H groups in total. The van der Waals surface area contributed by atoms with Crippen LogP contribution in [-0.4, -0.2) is 17.1 Å². The van der Waals surface area contributed by atoms with Crippen molar-refractivity contribution in [1.29, 1.82) is 0 Å². The van der Waals surface area contributed by atoms with E-state index >= 15 is 0 Å². The average Bonchev–Trinajstić information content (AvgIpc) is 2.93. The summed E-state index contributed by atoms with van der Waals surface area (Å²) in [6.07, 6.45) is -0.881. The Balaban J connectivity index is 2.32. The third-order valence-electron chi connectivity index (χ3n) is 2.41. The number of carbonyl (C=O) groups is 1. The fourth-order valence-corrected chi connectivity index (χ4v) is 1.84. The Morgan fingerprint density at radius 3 is 2.76 bits per heavy atom. The second kappa shape index (κ2) is 6.08. The largest absolute Gasteiger partial charge is 0.459 e. The number of hydrogen-bond acceptors (Lipinski definition) is 5. The summed E-state index contributed by atoms with van der Waals surface area (Å²) in [6, 6.07) is 3.71. The van der Waals surface area contributed by atoms with E-state index in [4.69, 9.17) is 4.42 Å². The SMILES string of the molecule is CSNc1ncc(C(F)(F)F)cc1NC(=O)c1ccco1. The van der Waals surface area contributed by atoms with Crippen LogP contribution in [0.25, 0.3) is 0 Å². The van der Waals surface area contributed by atoms with Gasteiger partial charge in [0.05, 0.1) is 17.5 Å². The maximum Gasteiger partial charge on any atom is 0.417 e. The zero-order chi connectivity index (χ0) is 15.5. The molecule has 2 aromatic rings. The number of hydrogen-bond donors (Lipinski definition) is 2. The number of furan rings is 1. The first-order chi connectivity index (χ1) is 9.91. The zero-order valence-electron chi connectivity index (χ0n) is 10.7. The summed E-state index contributed by atoms with van der Waals surface area (Å²) in [6.45, 7) is 0. The van der Waals surface area contributed by atoms with Gasteiger partial charge in [-0.15, -0.1) is 0 Å². The smallest absolute Gasteiger partial charge is 0.417 e. The molecule has 0 aliphatic rings. The topological polar surface area (TPSA) is 67.2 Å². The highest BCUT2D eigenvalue weighted by atomic mass is 32.2. The summed E-state index contributed by atoms with van der Waals surface area (Å²) in [5.41, 5.74) is -1.04. The molecule has 0 aliphatic heterocycles. The van der Waals surface area contributed by atoms with E-state index in [9.17, 15) is 18.0 Å². The summed E-state index contributed by atoms with van der Waals surface area (Å²) in [4.78, 5) is 15.5. The highest BCUT2D eigenvalue weighted by Crippen LogP contribution is 2.33. The van der Waals surface area contributed by atoms with Crippen molar-refractivity contribution in [2.24, 2.45) is 0 Å². The Hall–Kier alpha value is -2.16. The summed E-state index contributed by atoms with van der Waals surface area (Å²) in [7, 11) is 0. The number of carbonyl (C=O) groups excluding carboxylic acids is 1. The van der Waals surface area contributed by atoms with Crippen molar-refractivity contribution < 1.29 is 22.4 Å². The van der Waals surface area contributed by atoms with Crippen molar-refractivity contribution in [1.82, 2.24) is 4.98 Å². The Labute approximate surface area is 122 Å². The minimum Gasteiger partial charge on any atom is -0.459 e. The molecule has 0 fully saturated rings. The molecule has 0 radical (unpaired) electrons. The summed E-state index contributed by atoms with van der Waals surface area (Å²) < 4.78 is 45.7.